The second-order valence-corrected chi connectivity index (χ2v) is 6.50. The van der Waals surface area contributed by atoms with Crippen molar-refractivity contribution in [3.8, 4) is 5.75 Å². The molecular formula is C15H22ClNO. The third-order valence-electron chi connectivity index (χ3n) is 3.30. The Bertz CT molecular complexity index is 407. The van der Waals surface area contributed by atoms with Crippen LogP contribution in [0.25, 0.3) is 0 Å². The SMILES string of the molecule is CC(C)(N)Cc1cc(Cl)cc(OCC2CCC2)c1. The van der Waals surface area contributed by atoms with Gasteiger partial charge < -0.3 is 10.5 Å². The first-order chi connectivity index (χ1) is 8.42. The van der Waals surface area contributed by atoms with Gasteiger partial charge in [0.25, 0.3) is 0 Å². The van der Waals surface area contributed by atoms with Crippen molar-refractivity contribution in [2.75, 3.05) is 6.61 Å². The number of hydrogen-bond donors (Lipinski definition) is 1. The average molecular weight is 268 g/mol. The Hall–Kier alpha value is -0.730. The van der Waals surface area contributed by atoms with E-state index in [9.17, 15) is 0 Å². The van der Waals surface area contributed by atoms with Crippen LogP contribution < -0.4 is 10.5 Å². The highest BCUT2D eigenvalue weighted by Gasteiger charge is 2.18. The van der Waals surface area contributed by atoms with E-state index in [1.54, 1.807) is 0 Å². The zero-order valence-corrected chi connectivity index (χ0v) is 12.0. The fourth-order valence-electron chi connectivity index (χ4n) is 2.21. The van der Waals surface area contributed by atoms with Gasteiger partial charge in [0.15, 0.2) is 0 Å². The Morgan fingerprint density at radius 2 is 2.06 bits per heavy atom. The van der Waals surface area contributed by atoms with Crippen molar-refractivity contribution < 1.29 is 4.74 Å². The van der Waals surface area contributed by atoms with Crippen LogP contribution in [0, 0.1) is 5.92 Å². The second-order valence-electron chi connectivity index (χ2n) is 6.07. The van der Waals surface area contributed by atoms with E-state index in [4.69, 9.17) is 22.1 Å². The molecule has 0 unspecified atom stereocenters. The van der Waals surface area contributed by atoms with Gasteiger partial charge in [-0.3, -0.25) is 0 Å². The summed E-state index contributed by atoms with van der Waals surface area (Å²) in [4.78, 5) is 0. The van der Waals surface area contributed by atoms with E-state index in [0.717, 1.165) is 35.3 Å². The number of halogens is 1. The smallest absolute Gasteiger partial charge is 0.121 e. The first-order valence-electron chi connectivity index (χ1n) is 6.63. The van der Waals surface area contributed by atoms with E-state index < -0.39 is 0 Å². The number of rotatable bonds is 5. The quantitative estimate of drug-likeness (QED) is 0.881. The first-order valence-corrected chi connectivity index (χ1v) is 7.01. The van der Waals surface area contributed by atoms with E-state index >= 15 is 0 Å². The highest BCUT2D eigenvalue weighted by atomic mass is 35.5. The maximum Gasteiger partial charge on any atom is 0.121 e. The predicted octanol–water partition coefficient (Wildman–Crippen LogP) is 3.80. The molecule has 1 aromatic rings. The Morgan fingerprint density at radius 1 is 1.33 bits per heavy atom. The van der Waals surface area contributed by atoms with Crippen molar-refractivity contribution in [2.45, 2.75) is 45.1 Å². The van der Waals surface area contributed by atoms with Crippen molar-refractivity contribution >= 4 is 11.6 Å². The normalized spacial score (nSPS) is 16.4. The third-order valence-corrected chi connectivity index (χ3v) is 3.52. The zero-order chi connectivity index (χ0) is 13.2. The van der Waals surface area contributed by atoms with E-state index in [1.165, 1.54) is 19.3 Å². The molecule has 2 nitrogen and oxygen atoms in total. The van der Waals surface area contributed by atoms with Gasteiger partial charge in [0.2, 0.25) is 0 Å². The summed E-state index contributed by atoms with van der Waals surface area (Å²) in [6.45, 7) is 4.84. The summed E-state index contributed by atoms with van der Waals surface area (Å²) in [7, 11) is 0. The standard InChI is InChI=1S/C15H22ClNO/c1-15(2,17)9-12-6-13(16)8-14(7-12)18-10-11-4-3-5-11/h6-8,11H,3-5,9-10,17H2,1-2H3. The molecule has 0 spiro atoms. The van der Waals surface area contributed by atoms with E-state index in [0.29, 0.717) is 0 Å². The minimum absolute atomic E-state index is 0.226. The molecule has 1 aromatic carbocycles. The Kier molecular flexibility index (Phi) is 4.18. The van der Waals surface area contributed by atoms with Crippen molar-refractivity contribution in [1.82, 2.24) is 0 Å². The van der Waals surface area contributed by atoms with Gasteiger partial charge in [0.1, 0.15) is 5.75 Å². The van der Waals surface area contributed by atoms with Gasteiger partial charge in [-0.05, 0) is 62.8 Å². The van der Waals surface area contributed by atoms with Crippen LogP contribution in [-0.4, -0.2) is 12.1 Å². The summed E-state index contributed by atoms with van der Waals surface area (Å²) in [5.41, 5.74) is 6.95. The summed E-state index contributed by atoms with van der Waals surface area (Å²) in [6.07, 6.45) is 4.73. The van der Waals surface area contributed by atoms with Gasteiger partial charge in [-0.15, -0.1) is 0 Å². The third kappa shape index (κ3) is 4.18. The summed E-state index contributed by atoms with van der Waals surface area (Å²) in [5.74, 6) is 1.60. The molecule has 0 atom stereocenters. The maximum atomic E-state index is 6.12. The van der Waals surface area contributed by atoms with Crippen LogP contribution in [-0.2, 0) is 6.42 Å². The summed E-state index contributed by atoms with van der Waals surface area (Å²) in [5, 5.41) is 0.723. The molecule has 0 radical (unpaired) electrons. The topological polar surface area (TPSA) is 35.2 Å². The minimum atomic E-state index is -0.226. The van der Waals surface area contributed by atoms with Gasteiger partial charge in [0, 0.05) is 10.6 Å². The Balaban J connectivity index is 2.00. The van der Waals surface area contributed by atoms with E-state index in [1.807, 2.05) is 26.0 Å². The number of benzene rings is 1. The molecule has 0 bridgehead atoms. The van der Waals surface area contributed by atoms with Crippen LogP contribution in [0.4, 0.5) is 0 Å². The first kappa shape index (κ1) is 13.7. The summed E-state index contributed by atoms with van der Waals surface area (Å²) < 4.78 is 5.82. The van der Waals surface area contributed by atoms with E-state index in [2.05, 4.69) is 6.07 Å². The van der Waals surface area contributed by atoms with Crippen LogP contribution in [0.2, 0.25) is 5.02 Å². The lowest BCUT2D eigenvalue weighted by Crippen LogP contribution is -2.34. The Labute approximate surface area is 114 Å². The highest BCUT2D eigenvalue weighted by molar-refractivity contribution is 6.30. The van der Waals surface area contributed by atoms with Gasteiger partial charge in [-0.2, -0.15) is 0 Å². The van der Waals surface area contributed by atoms with Crippen molar-refractivity contribution in [3.05, 3.63) is 28.8 Å². The average Bonchev–Trinajstić information content (AvgIpc) is 2.10. The molecule has 0 saturated heterocycles. The van der Waals surface area contributed by atoms with Crippen molar-refractivity contribution in [3.63, 3.8) is 0 Å². The van der Waals surface area contributed by atoms with Crippen molar-refractivity contribution in [1.29, 1.82) is 0 Å². The molecule has 18 heavy (non-hydrogen) atoms. The molecule has 1 saturated carbocycles. The fourth-order valence-corrected chi connectivity index (χ4v) is 2.45. The molecule has 0 heterocycles. The molecule has 1 aliphatic carbocycles. The molecule has 2 rings (SSSR count). The molecule has 0 aromatic heterocycles. The van der Waals surface area contributed by atoms with Crippen LogP contribution in [0.1, 0.15) is 38.7 Å². The molecule has 1 fully saturated rings. The van der Waals surface area contributed by atoms with Gasteiger partial charge >= 0.3 is 0 Å². The van der Waals surface area contributed by atoms with Crippen molar-refractivity contribution in [2.24, 2.45) is 11.7 Å². The monoisotopic (exact) mass is 267 g/mol. The highest BCUT2D eigenvalue weighted by Crippen LogP contribution is 2.28. The molecule has 100 valence electrons. The lowest BCUT2D eigenvalue weighted by Gasteiger charge is -2.25. The molecule has 2 N–H and O–H groups in total. The second kappa shape index (κ2) is 5.50. The van der Waals surface area contributed by atoms with Gasteiger partial charge in [0.05, 0.1) is 6.61 Å². The van der Waals surface area contributed by atoms with Crippen LogP contribution in [0.5, 0.6) is 5.75 Å². The Morgan fingerprint density at radius 3 is 2.61 bits per heavy atom. The fraction of sp³-hybridized carbons (Fsp3) is 0.600. The summed E-state index contributed by atoms with van der Waals surface area (Å²) in [6, 6.07) is 5.90. The molecule has 0 amide bonds. The zero-order valence-electron chi connectivity index (χ0n) is 11.2. The molecule has 3 heteroatoms. The maximum absolute atomic E-state index is 6.12. The van der Waals surface area contributed by atoms with Gasteiger partial charge in [-0.25, -0.2) is 0 Å². The van der Waals surface area contributed by atoms with Crippen LogP contribution >= 0.6 is 11.6 Å². The predicted molar refractivity (Wildman–Crippen MR) is 76.3 cm³/mol. The van der Waals surface area contributed by atoms with Crippen LogP contribution in [0.15, 0.2) is 18.2 Å². The number of nitrogens with two attached hydrogens (primary N) is 1. The molecule has 0 aliphatic heterocycles. The van der Waals surface area contributed by atoms with Gasteiger partial charge in [-0.1, -0.05) is 18.0 Å². The van der Waals surface area contributed by atoms with E-state index in [-0.39, 0.29) is 5.54 Å². The molecular weight excluding hydrogens is 246 g/mol. The number of hydrogen-bond acceptors (Lipinski definition) is 2. The number of ether oxygens (including phenoxy) is 1. The van der Waals surface area contributed by atoms with Crippen LogP contribution in [0.3, 0.4) is 0 Å². The lowest BCUT2D eigenvalue weighted by molar-refractivity contribution is 0.180. The minimum Gasteiger partial charge on any atom is -0.493 e. The largest absolute Gasteiger partial charge is 0.493 e. The lowest BCUT2D eigenvalue weighted by atomic mass is 9.86. The summed E-state index contributed by atoms with van der Waals surface area (Å²) >= 11 is 6.12. The molecule has 1 aliphatic rings.